The molecule has 0 N–H and O–H groups in total. The number of hydrogen-bond donors (Lipinski definition) is 0. The maximum atomic E-state index is 11.3. The predicted molar refractivity (Wildman–Crippen MR) is 70.7 cm³/mol. The highest BCUT2D eigenvalue weighted by Crippen LogP contribution is 2.20. The Labute approximate surface area is 106 Å². The Morgan fingerprint density at radius 1 is 1.11 bits per heavy atom. The summed E-state index contributed by atoms with van der Waals surface area (Å²) in [6, 6.07) is 13.7. The molecule has 3 heteroatoms. The van der Waals surface area contributed by atoms with Gasteiger partial charge in [0.1, 0.15) is 5.75 Å². The van der Waals surface area contributed by atoms with E-state index in [0.29, 0.717) is 5.75 Å². The van der Waals surface area contributed by atoms with Gasteiger partial charge >= 0.3 is 5.97 Å². The SMILES string of the molecule is CC(C)OC(=O)COc1ccc2ccccc2c1. The van der Waals surface area contributed by atoms with Crippen LogP contribution in [0.5, 0.6) is 5.75 Å². The Hall–Kier alpha value is -2.03. The molecule has 0 atom stereocenters. The summed E-state index contributed by atoms with van der Waals surface area (Å²) in [6.45, 7) is 3.57. The van der Waals surface area contributed by atoms with Gasteiger partial charge in [0.05, 0.1) is 6.10 Å². The van der Waals surface area contributed by atoms with Crippen LogP contribution in [-0.2, 0) is 9.53 Å². The van der Waals surface area contributed by atoms with Crippen molar-refractivity contribution in [3.8, 4) is 5.75 Å². The molecule has 0 aliphatic heterocycles. The molecule has 3 nitrogen and oxygen atoms in total. The van der Waals surface area contributed by atoms with Gasteiger partial charge in [0.2, 0.25) is 0 Å². The molecule has 0 saturated carbocycles. The fourth-order valence-electron chi connectivity index (χ4n) is 1.70. The van der Waals surface area contributed by atoms with Crippen LogP contribution in [0.3, 0.4) is 0 Å². The lowest BCUT2D eigenvalue weighted by atomic mass is 10.1. The van der Waals surface area contributed by atoms with Crippen LogP contribution in [-0.4, -0.2) is 18.7 Å². The van der Waals surface area contributed by atoms with Gasteiger partial charge in [-0.05, 0) is 36.8 Å². The standard InChI is InChI=1S/C15H16O3/c1-11(2)18-15(16)10-17-14-8-7-12-5-3-4-6-13(12)9-14/h3-9,11H,10H2,1-2H3. The minimum atomic E-state index is -0.349. The first-order valence-corrected chi connectivity index (χ1v) is 5.96. The monoisotopic (exact) mass is 244 g/mol. The third-order valence-electron chi connectivity index (χ3n) is 2.44. The number of rotatable bonds is 4. The van der Waals surface area contributed by atoms with E-state index >= 15 is 0 Å². The fraction of sp³-hybridized carbons (Fsp3) is 0.267. The number of fused-ring (bicyclic) bond motifs is 1. The van der Waals surface area contributed by atoms with Crippen LogP contribution in [0.1, 0.15) is 13.8 Å². The van der Waals surface area contributed by atoms with Gasteiger partial charge in [-0.2, -0.15) is 0 Å². The van der Waals surface area contributed by atoms with Crippen molar-refractivity contribution in [3.63, 3.8) is 0 Å². The molecule has 0 aliphatic carbocycles. The summed E-state index contributed by atoms with van der Waals surface area (Å²) in [4.78, 5) is 11.3. The van der Waals surface area contributed by atoms with E-state index in [9.17, 15) is 4.79 Å². The molecule has 0 amide bonds. The Balaban J connectivity index is 2.01. The molecular weight excluding hydrogens is 228 g/mol. The van der Waals surface area contributed by atoms with Crippen molar-refractivity contribution in [2.45, 2.75) is 20.0 Å². The molecule has 0 saturated heterocycles. The van der Waals surface area contributed by atoms with Gasteiger partial charge in [0, 0.05) is 0 Å². The first-order chi connectivity index (χ1) is 8.65. The molecule has 0 aliphatic rings. The molecule has 2 aromatic carbocycles. The van der Waals surface area contributed by atoms with E-state index in [2.05, 4.69) is 0 Å². The van der Waals surface area contributed by atoms with Crippen molar-refractivity contribution in [2.75, 3.05) is 6.61 Å². The maximum absolute atomic E-state index is 11.3. The first kappa shape index (κ1) is 12.4. The quantitative estimate of drug-likeness (QED) is 0.775. The van der Waals surface area contributed by atoms with E-state index in [4.69, 9.17) is 9.47 Å². The lowest BCUT2D eigenvalue weighted by Gasteiger charge is -2.09. The minimum Gasteiger partial charge on any atom is -0.482 e. The van der Waals surface area contributed by atoms with Crippen molar-refractivity contribution in [2.24, 2.45) is 0 Å². The lowest BCUT2D eigenvalue weighted by molar-refractivity contribution is -0.149. The van der Waals surface area contributed by atoms with E-state index in [-0.39, 0.29) is 18.7 Å². The van der Waals surface area contributed by atoms with Gasteiger partial charge in [0.15, 0.2) is 6.61 Å². The van der Waals surface area contributed by atoms with Crippen LogP contribution in [0.15, 0.2) is 42.5 Å². The molecule has 0 spiro atoms. The second kappa shape index (κ2) is 5.54. The highest BCUT2D eigenvalue weighted by atomic mass is 16.6. The number of esters is 1. The fourth-order valence-corrected chi connectivity index (χ4v) is 1.70. The average Bonchev–Trinajstić information content (AvgIpc) is 2.35. The number of carbonyl (C=O) groups excluding carboxylic acids is 1. The summed E-state index contributed by atoms with van der Waals surface area (Å²) in [5, 5.41) is 2.24. The van der Waals surface area contributed by atoms with Crippen molar-refractivity contribution in [3.05, 3.63) is 42.5 Å². The number of benzene rings is 2. The van der Waals surface area contributed by atoms with E-state index in [1.807, 2.05) is 56.3 Å². The van der Waals surface area contributed by atoms with Gasteiger partial charge in [0.25, 0.3) is 0 Å². The van der Waals surface area contributed by atoms with E-state index in [0.717, 1.165) is 10.8 Å². The maximum Gasteiger partial charge on any atom is 0.344 e. The predicted octanol–water partition coefficient (Wildman–Crippen LogP) is 3.17. The molecule has 0 radical (unpaired) electrons. The molecule has 0 unspecified atom stereocenters. The zero-order chi connectivity index (χ0) is 13.0. The Morgan fingerprint density at radius 2 is 1.83 bits per heavy atom. The Morgan fingerprint density at radius 3 is 2.56 bits per heavy atom. The normalized spacial score (nSPS) is 10.6. The summed E-state index contributed by atoms with van der Waals surface area (Å²) in [5.41, 5.74) is 0. The molecule has 94 valence electrons. The van der Waals surface area contributed by atoms with E-state index in [1.54, 1.807) is 0 Å². The molecule has 0 bridgehead atoms. The summed E-state index contributed by atoms with van der Waals surface area (Å²) < 4.78 is 10.4. The summed E-state index contributed by atoms with van der Waals surface area (Å²) >= 11 is 0. The van der Waals surface area contributed by atoms with Crippen LogP contribution in [0, 0.1) is 0 Å². The van der Waals surface area contributed by atoms with Crippen molar-refractivity contribution in [1.82, 2.24) is 0 Å². The van der Waals surface area contributed by atoms with Crippen LogP contribution in [0.25, 0.3) is 10.8 Å². The van der Waals surface area contributed by atoms with Gasteiger partial charge in [-0.15, -0.1) is 0 Å². The summed E-state index contributed by atoms with van der Waals surface area (Å²) in [6.07, 6.45) is -0.113. The van der Waals surface area contributed by atoms with Gasteiger partial charge in [-0.3, -0.25) is 0 Å². The summed E-state index contributed by atoms with van der Waals surface area (Å²) in [7, 11) is 0. The number of carbonyl (C=O) groups is 1. The Bertz CT molecular complexity index is 546. The van der Waals surface area contributed by atoms with Crippen molar-refractivity contribution >= 4 is 16.7 Å². The Kier molecular flexibility index (Phi) is 3.82. The highest BCUT2D eigenvalue weighted by molar-refractivity contribution is 5.83. The lowest BCUT2D eigenvalue weighted by Crippen LogP contribution is -2.18. The molecule has 0 aromatic heterocycles. The van der Waals surface area contributed by atoms with Crippen molar-refractivity contribution < 1.29 is 14.3 Å². The third-order valence-corrected chi connectivity index (χ3v) is 2.44. The summed E-state index contributed by atoms with van der Waals surface area (Å²) in [5.74, 6) is 0.326. The van der Waals surface area contributed by atoms with Crippen molar-refractivity contribution in [1.29, 1.82) is 0 Å². The van der Waals surface area contributed by atoms with Crippen LogP contribution in [0.4, 0.5) is 0 Å². The second-order valence-electron chi connectivity index (χ2n) is 4.34. The molecular formula is C15H16O3. The molecule has 2 aromatic rings. The zero-order valence-corrected chi connectivity index (χ0v) is 10.6. The highest BCUT2D eigenvalue weighted by Gasteiger charge is 2.06. The largest absolute Gasteiger partial charge is 0.482 e. The number of ether oxygens (including phenoxy) is 2. The second-order valence-corrected chi connectivity index (χ2v) is 4.34. The van der Waals surface area contributed by atoms with Gasteiger partial charge < -0.3 is 9.47 Å². The third kappa shape index (κ3) is 3.23. The van der Waals surface area contributed by atoms with Gasteiger partial charge in [-0.25, -0.2) is 4.79 Å². The smallest absolute Gasteiger partial charge is 0.344 e. The van der Waals surface area contributed by atoms with E-state index in [1.165, 1.54) is 0 Å². The average molecular weight is 244 g/mol. The molecule has 0 fully saturated rings. The van der Waals surface area contributed by atoms with E-state index < -0.39 is 0 Å². The molecule has 18 heavy (non-hydrogen) atoms. The zero-order valence-electron chi connectivity index (χ0n) is 10.6. The van der Waals surface area contributed by atoms with Crippen LogP contribution >= 0.6 is 0 Å². The molecule has 0 heterocycles. The first-order valence-electron chi connectivity index (χ1n) is 5.96. The minimum absolute atomic E-state index is 0.0590. The van der Waals surface area contributed by atoms with Gasteiger partial charge in [-0.1, -0.05) is 30.3 Å². The van der Waals surface area contributed by atoms with Crippen LogP contribution < -0.4 is 4.74 Å². The topological polar surface area (TPSA) is 35.5 Å². The molecule has 2 rings (SSSR count). The van der Waals surface area contributed by atoms with Crippen LogP contribution in [0.2, 0.25) is 0 Å². The number of hydrogen-bond acceptors (Lipinski definition) is 3.